The first-order chi connectivity index (χ1) is 9.97. The minimum Gasteiger partial charge on any atom is -0.481 e. The van der Waals surface area contributed by atoms with E-state index in [4.69, 9.17) is 9.84 Å². The van der Waals surface area contributed by atoms with Crippen LogP contribution in [-0.2, 0) is 9.53 Å². The molecule has 6 heteroatoms. The summed E-state index contributed by atoms with van der Waals surface area (Å²) >= 11 is 0. The number of aliphatic carboxylic acids is 1. The number of ether oxygens (including phenoxy) is 1. The summed E-state index contributed by atoms with van der Waals surface area (Å²) in [4.78, 5) is 25.1. The third-order valence-corrected chi connectivity index (χ3v) is 4.36. The standard InChI is InChI=1S/C15H26N2O4/c1-10(2)21-6-5-16-15(20)17-12-3-4-13(17)8-11(7-12)9-14(18)19/h10-13H,3-9H2,1-2H3,(H,16,20)(H,18,19). The lowest BCUT2D eigenvalue weighted by atomic mass is 9.88. The van der Waals surface area contributed by atoms with Gasteiger partial charge in [0.05, 0.1) is 12.7 Å². The number of rotatable bonds is 6. The van der Waals surface area contributed by atoms with Crippen LogP contribution in [0.3, 0.4) is 0 Å². The van der Waals surface area contributed by atoms with E-state index in [0.717, 1.165) is 25.7 Å². The van der Waals surface area contributed by atoms with E-state index >= 15 is 0 Å². The average Bonchev–Trinajstić information content (AvgIpc) is 2.65. The smallest absolute Gasteiger partial charge is 0.317 e. The summed E-state index contributed by atoms with van der Waals surface area (Å²) in [5.41, 5.74) is 0. The van der Waals surface area contributed by atoms with Crippen molar-refractivity contribution in [1.82, 2.24) is 10.2 Å². The second-order valence-electron chi connectivity index (χ2n) is 6.38. The number of carbonyl (C=O) groups excluding carboxylic acids is 1. The molecule has 2 amide bonds. The molecule has 2 saturated heterocycles. The number of nitrogens with one attached hydrogen (secondary N) is 1. The fraction of sp³-hybridized carbons (Fsp3) is 0.867. The number of nitrogens with zero attached hydrogens (tertiary/aromatic N) is 1. The Kier molecular flexibility index (Phi) is 5.45. The van der Waals surface area contributed by atoms with Gasteiger partial charge in [-0.1, -0.05) is 0 Å². The van der Waals surface area contributed by atoms with Gasteiger partial charge < -0.3 is 20.1 Å². The van der Waals surface area contributed by atoms with Crippen molar-refractivity contribution in [2.24, 2.45) is 5.92 Å². The molecule has 0 aliphatic carbocycles. The maximum Gasteiger partial charge on any atom is 0.317 e. The van der Waals surface area contributed by atoms with Crippen molar-refractivity contribution in [2.45, 2.75) is 64.1 Å². The first-order valence-corrected chi connectivity index (χ1v) is 7.87. The number of amides is 2. The van der Waals surface area contributed by atoms with Crippen LogP contribution in [0.15, 0.2) is 0 Å². The van der Waals surface area contributed by atoms with Gasteiger partial charge >= 0.3 is 12.0 Å². The molecule has 120 valence electrons. The Morgan fingerprint density at radius 3 is 2.43 bits per heavy atom. The third-order valence-electron chi connectivity index (χ3n) is 4.36. The monoisotopic (exact) mass is 298 g/mol. The van der Waals surface area contributed by atoms with Crippen LogP contribution in [-0.4, -0.2) is 53.3 Å². The molecule has 2 N–H and O–H groups in total. The van der Waals surface area contributed by atoms with Crippen LogP contribution in [0, 0.1) is 5.92 Å². The fourth-order valence-electron chi connectivity index (χ4n) is 3.58. The van der Waals surface area contributed by atoms with Crippen molar-refractivity contribution in [2.75, 3.05) is 13.2 Å². The zero-order valence-corrected chi connectivity index (χ0v) is 12.9. The Balaban J connectivity index is 1.79. The van der Waals surface area contributed by atoms with E-state index < -0.39 is 5.97 Å². The Hall–Kier alpha value is -1.30. The van der Waals surface area contributed by atoms with Crippen LogP contribution in [0.4, 0.5) is 4.79 Å². The number of piperidine rings is 1. The third kappa shape index (κ3) is 4.33. The number of carbonyl (C=O) groups is 2. The van der Waals surface area contributed by atoms with Crippen molar-refractivity contribution in [3.63, 3.8) is 0 Å². The highest BCUT2D eigenvalue weighted by Crippen LogP contribution is 2.39. The van der Waals surface area contributed by atoms with Gasteiger partial charge in [-0.2, -0.15) is 0 Å². The molecule has 2 aliphatic rings. The molecule has 0 aromatic heterocycles. The highest BCUT2D eigenvalue weighted by atomic mass is 16.5. The molecule has 21 heavy (non-hydrogen) atoms. The Bertz CT molecular complexity index is 372. The number of hydrogen-bond acceptors (Lipinski definition) is 3. The Labute approximate surface area is 125 Å². The molecular weight excluding hydrogens is 272 g/mol. The van der Waals surface area contributed by atoms with Gasteiger partial charge in [0.25, 0.3) is 0 Å². The van der Waals surface area contributed by atoms with Crippen LogP contribution in [0.5, 0.6) is 0 Å². The van der Waals surface area contributed by atoms with E-state index in [9.17, 15) is 9.59 Å². The Morgan fingerprint density at radius 2 is 1.90 bits per heavy atom. The van der Waals surface area contributed by atoms with Crippen LogP contribution < -0.4 is 5.32 Å². The molecule has 2 heterocycles. The molecule has 0 saturated carbocycles. The molecule has 2 atom stereocenters. The van der Waals surface area contributed by atoms with E-state index in [1.165, 1.54) is 0 Å². The summed E-state index contributed by atoms with van der Waals surface area (Å²) in [6.45, 7) is 4.98. The maximum absolute atomic E-state index is 12.3. The van der Waals surface area contributed by atoms with Crippen molar-refractivity contribution in [1.29, 1.82) is 0 Å². The van der Waals surface area contributed by atoms with Crippen molar-refractivity contribution in [3.8, 4) is 0 Å². The summed E-state index contributed by atoms with van der Waals surface area (Å²) in [5, 5.41) is 11.8. The molecule has 0 radical (unpaired) electrons. The second-order valence-corrected chi connectivity index (χ2v) is 6.38. The van der Waals surface area contributed by atoms with Gasteiger partial charge in [-0.15, -0.1) is 0 Å². The minimum absolute atomic E-state index is 0.0244. The van der Waals surface area contributed by atoms with E-state index in [1.54, 1.807) is 0 Å². The van der Waals surface area contributed by atoms with Gasteiger partial charge in [-0.25, -0.2) is 4.79 Å². The van der Waals surface area contributed by atoms with Crippen LogP contribution in [0.25, 0.3) is 0 Å². The molecule has 2 fully saturated rings. The highest BCUT2D eigenvalue weighted by Gasteiger charge is 2.43. The number of carboxylic acid groups (broad SMARTS) is 1. The fourth-order valence-corrected chi connectivity index (χ4v) is 3.58. The molecule has 2 aliphatic heterocycles. The van der Waals surface area contributed by atoms with Crippen molar-refractivity contribution < 1.29 is 19.4 Å². The molecule has 0 aromatic rings. The summed E-state index contributed by atoms with van der Waals surface area (Å²) in [7, 11) is 0. The predicted molar refractivity (Wildman–Crippen MR) is 78.1 cm³/mol. The zero-order chi connectivity index (χ0) is 15.4. The number of fused-ring (bicyclic) bond motifs is 2. The van der Waals surface area contributed by atoms with Gasteiger partial charge in [0.2, 0.25) is 0 Å². The van der Waals surface area contributed by atoms with Crippen molar-refractivity contribution in [3.05, 3.63) is 0 Å². The average molecular weight is 298 g/mol. The normalized spacial score (nSPS) is 28.0. The summed E-state index contributed by atoms with van der Waals surface area (Å²) in [6, 6.07) is 0.391. The number of urea groups is 1. The van der Waals surface area contributed by atoms with Gasteiger partial charge in [0.1, 0.15) is 0 Å². The molecule has 6 nitrogen and oxygen atoms in total. The van der Waals surface area contributed by atoms with Crippen LogP contribution in [0.2, 0.25) is 0 Å². The molecule has 0 aromatic carbocycles. The van der Waals surface area contributed by atoms with Gasteiger partial charge in [-0.05, 0) is 45.4 Å². The van der Waals surface area contributed by atoms with E-state index in [2.05, 4.69) is 5.32 Å². The summed E-state index contributed by atoms with van der Waals surface area (Å²) in [5.74, 6) is -0.517. The van der Waals surface area contributed by atoms with Crippen LogP contribution >= 0.6 is 0 Å². The first-order valence-electron chi connectivity index (χ1n) is 7.87. The number of carboxylic acids is 1. The topological polar surface area (TPSA) is 78.9 Å². The van der Waals surface area contributed by atoms with Crippen molar-refractivity contribution >= 4 is 12.0 Å². The summed E-state index contributed by atoms with van der Waals surface area (Å²) in [6.07, 6.45) is 4.03. The second kappa shape index (κ2) is 7.11. The van der Waals surface area contributed by atoms with Gasteiger partial charge in [-0.3, -0.25) is 4.79 Å². The predicted octanol–water partition coefficient (Wildman–Crippen LogP) is 1.84. The van der Waals surface area contributed by atoms with E-state index in [0.29, 0.717) is 13.2 Å². The van der Waals surface area contributed by atoms with Gasteiger partial charge in [0, 0.05) is 25.0 Å². The zero-order valence-electron chi connectivity index (χ0n) is 12.9. The number of hydrogen-bond donors (Lipinski definition) is 2. The molecule has 0 spiro atoms. The largest absolute Gasteiger partial charge is 0.481 e. The Morgan fingerprint density at radius 1 is 1.29 bits per heavy atom. The van der Waals surface area contributed by atoms with Crippen LogP contribution in [0.1, 0.15) is 46.0 Å². The SMILES string of the molecule is CC(C)OCCNC(=O)N1C2CCC1CC(CC(=O)O)C2. The minimum atomic E-state index is -0.733. The van der Waals surface area contributed by atoms with E-state index in [-0.39, 0.29) is 36.6 Å². The molecule has 2 unspecified atom stereocenters. The molecular formula is C15H26N2O4. The summed E-state index contributed by atoms with van der Waals surface area (Å²) < 4.78 is 5.41. The lowest BCUT2D eigenvalue weighted by Crippen LogP contribution is -2.51. The molecule has 2 bridgehead atoms. The quantitative estimate of drug-likeness (QED) is 0.733. The lowest BCUT2D eigenvalue weighted by molar-refractivity contribution is -0.138. The lowest BCUT2D eigenvalue weighted by Gasteiger charge is -2.38. The maximum atomic E-state index is 12.3. The highest BCUT2D eigenvalue weighted by molar-refractivity contribution is 5.75. The first kappa shape index (κ1) is 16.1. The molecule has 2 rings (SSSR count). The van der Waals surface area contributed by atoms with E-state index in [1.807, 2.05) is 18.7 Å². The van der Waals surface area contributed by atoms with Gasteiger partial charge in [0.15, 0.2) is 0 Å².